The number of carbonyl (C=O) groups is 2. The van der Waals surface area contributed by atoms with Crippen LogP contribution in [0.1, 0.15) is 43.7 Å². The molecule has 2 saturated heterocycles. The zero-order valence-corrected chi connectivity index (χ0v) is 14.9. The lowest BCUT2D eigenvalue weighted by molar-refractivity contribution is -0.137. The summed E-state index contributed by atoms with van der Waals surface area (Å²) >= 11 is 0. The first-order valence-corrected chi connectivity index (χ1v) is 9.63. The van der Waals surface area contributed by atoms with Crippen LogP contribution in [-0.2, 0) is 16.6 Å². The fourth-order valence-electron chi connectivity index (χ4n) is 4.77. The van der Waals surface area contributed by atoms with Crippen molar-refractivity contribution in [2.24, 2.45) is 24.3 Å². The van der Waals surface area contributed by atoms with Gasteiger partial charge in [0.05, 0.1) is 17.4 Å². The molecule has 0 radical (unpaired) electrons. The van der Waals surface area contributed by atoms with Gasteiger partial charge in [0.25, 0.3) is 0 Å². The summed E-state index contributed by atoms with van der Waals surface area (Å²) in [4.78, 5) is 34.7. The predicted molar refractivity (Wildman–Crippen MR) is 91.6 cm³/mol. The standard InChI is InChI=1S/C19H26N4O2/c1-21-10-16(20-12-21)15-9-23(17(24)14-4-5-14)11-19(15)6-7-22(18(19)25)8-13-2-3-13/h10,12-15H,2-9,11H2,1H3/t15-,19-/m1/s1. The average molecular weight is 342 g/mol. The molecule has 4 aliphatic rings. The number of amides is 2. The van der Waals surface area contributed by atoms with Gasteiger partial charge in [0.15, 0.2) is 0 Å². The summed E-state index contributed by atoms with van der Waals surface area (Å²) in [7, 11) is 1.96. The summed E-state index contributed by atoms with van der Waals surface area (Å²) in [5, 5.41) is 0. The summed E-state index contributed by atoms with van der Waals surface area (Å²) in [6.07, 6.45) is 9.22. The van der Waals surface area contributed by atoms with E-state index in [-0.39, 0.29) is 23.7 Å². The van der Waals surface area contributed by atoms with Crippen LogP contribution in [0.4, 0.5) is 0 Å². The van der Waals surface area contributed by atoms with Crippen LogP contribution in [0.5, 0.6) is 0 Å². The van der Waals surface area contributed by atoms with Crippen molar-refractivity contribution in [1.82, 2.24) is 19.4 Å². The summed E-state index contributed by atoms with van der Waals surface area (Å²) in [5.74, 6) is 1.47. The molecule has 1 spiro atoms. The highest BCUT2D eigenvalue weighted by atomic mass is 16.2. The van der Waals surface area contributed by atoms with E-state index >= 15 is 0 Å². The second kappa shape index (κ2) is 5.32. The highest BCUT2D eigenvalue weighted by Gasteiger charge is 2.59. The molecule has 2 saturated carbocycles. The van der Waals surface area contributed by atoms with E-state index in [1.54, 1.807) is 6.33 Å². The molecule has 1 aromatic heterocycles. The van der Waals surface area contributed by atoms with Gasteiger partial charge in [-0.3, -0.25) is 9.59 Å². The lowest BCUT2D eigenvalue weighted by Gasteiger charge is -2.27. The van der Waals surface area contributed by atoms with Crippen molar-refractivity contribution in [2.45, 2.75) is 38.0 Å². The number of likely N-dealkylation sites (tertiary alicyclic amines) is 2. The molecule has 1 aromatic rings. The van der Waals surface area contributed by atoms with Crippen molar-refractivity contribution in [2.75, 3.05) is 26.2 Å². The minimum atomic E-state index is -0.451. The summed E-state index contributed by atoms with van der Waals surface area (Å²) < 4.78 is 1.94. The molecule has 0 unspecified atom stereocenters. The number of hydrogen-bond donors (Lipinski definition) is 0. The molecule has 2 aliphatic carbocycles. The fourth-order valence-corrected chi connectivity index (χ4v) is 4.77. The number of aromatic nitrogens is 2. The number of carbonyl (C=O) groups excluding carboxylic acids is 2. The van der Waals surface area contributed by atoms with Crippen LogP contribution in [0.25, 0.3) is 0 Å². The van der Waals surface area contributed by atoms with Gasteiger partial charge in [-0.1, -0.05) is 0 Å². The van der Waals surface area contributed by atoms with Crippen LogP contribution in [-0.4, -0.2) is 57.3 Å². The highest BCUT2D eigenvalue weighted by molar-refractivity contribution is 5.89. The van der Waals surface area contributed by atoms with Crippen molar-refractivity contribution < 1.29 is 9.59 Å². The Morgan fingerprint density at radius 1 is 1.32 bits per heavy atom. The minimum absolute atomic E-state index is 0.0353. The average Bonchev–Trinajstić information content (AvgIpc) is 3.50. The van der Waals surface area contributed by atoms with E-state index in [9.17, 15) is 9.59 Å². The van der Waals surface area contributed by atoms with Crippen molar-refractivity contribution in [3.63, 3.8) is 0 Å². The smallest absolute Gasteiger partial charge is 0.231 e. The largest absolute Gasteiger partial charge is 0.342 e. The Kier molecular flexibility index (Phi) is 3.28. The maximum absolute atomic E-state index is 13.4. The van der Waals surface area contributed by atoms with Crippen molar-refractivity contribution in [1.29, 1.82) is 0 Å². The lowest BCUT2D eigenvalue weighted by Crippen LogP contribution is -2.41. The Balaban J connectivity index is 1.45. The van der Waals surface area contributed by atoms with Crippen LogP contribution in [0.2, 0.25) is 0 Å². The lowest BCUT2D eigenvalue weighted by atomic mass is 9.75. The normalized spacial score (nSPS) is 32.2. The second-order valence-electron chi connectivity index (χ2n) is 8.61. The van der Waals surface area contributed by atoms with E-state index in [2.05, 4.69) is 9.88 Å². The molecule has 6 nitrogen and oxygen atoms in total. The van der Waals surface area contributed by atoms with Gasteiger partial charge in [-0.2, -0.15) is 0 Å². The monoisotopic (exact) mass is 342 g/mol. The van der Waals surface area contributed by atoms with Gasteiger partial charge in [0.2, 0.25) is 11.8 Å². The molecule has 5 rings (SSSR count). The van der Waals surface area contributed by atoms with E-state index in [4.69, 9.17) is 0 Å². The van der Waals surface area contributed by atoms with Gasteiger partial charge >= 0.3 is 0 Å². The molecule has 6 heteroatoms. The third-order valence-electron chi connectivity index (χ3n) is 6.58. The quantitative estimate of drug-likeness (QED) is 0.831. The van der Waals surface area contributed by atoms with Crippen LogP contribution in [0, 0.1) is 17.3 Å². The second-order valence-corrected chi connectivity index (χ2v) is 8.61. The summed E-state index contributed by atoms with van der Waals surface area (Å²) in [5.41, 5.74) is 0.517. The number of rotatable bonds is 4. The molecule has 2 amide bonds. The molecule has 25 heavy (non-hydrogen) atoms. The van der Waals surface area contributed by atoms with Crippen molar-refractivity contribution in [3.05, 3.63) is 18.2 Å². The first-order valence-electron chi connectivity index (χ1n) is 9.63. The van der Waals surface area contributed by atoms with E-state index in [1.807, 2.05) is 22.7 Å². The van der Waals surface area contributed by atoms with E-state index in [0.29, 0.717) is 19.0 Å². The van der Waals surface area contributed by atoms with E-state index in [1.165, 1.54) is 12.8 Å². The summed E-state index contributed by atoms with van der Waals surface area (Å²) in [6, 6.07) is 0. The van der Waals surface area contributed by atoms with Gasteiger partial charge in [-0.25, -0.2) is 4.98 Å². The highest BCUT2D eigenvalue weighted by Crippen LogP contribution is 2.51. The molecule has 3 heterocycles. The Morgan fingerprint density at radius 2 is 2.12 bits per heavy atom. The minimum Gasteiger partial charge on any atom is -0.342 e. The third kappa shape index (κ3) is 2.49. The number of aryl methyl sites for hydroxylation is 1. The molecule has 0 bridgehead atoms. The Hall–Kier alpha value is -1.85. The molecule has 2 aliphatic heterocycles. The molecule has 2 atom stereocenters. The van der Waals surface area contributed by atoms with Crippen LogP contribution >= 0.6 is 0 Å². The molecule has 0 aromatic carbocycles. The third-order valence-corrected chi connectivity index (χ3v) is 6.58. The van der Waals surface area contributed by atoms with E-state index < -0.39 is 5.41 Å². The number of nitrogens with zero attached hydrogens (tertiary/aromatic N) is 4. The number of imidazole rings is 1. The zero-order chi connectivity index (χ0) is 17.2. The zero-order valence-electron chi connectivity index (χ0n) is 14.9. The van der Waals surface area contributed by atoms with Gasteiger partial charge in [-0.05, 0) is 38.0 Å². The topological polar surface area (TPSA) is 58.4 Å². The molecular weight excluding hydrogens is 316 g/mol. The maximum atomic E-state index is 13.4. The van der Waals surface area contributed by atoms with E-state index in [0.717, 1.165) is 38.0 Å². The Morgan fingerprint density at radius 3 is 2.76 bits per heavy atom. The maximum Gasteiger partial charge on any atom is 0.231 e. The molecule has 134 valence electrons. The van der Waals surface area contributed by atoms with Crippen LogP contribution in [0.3, 0.4) is 0 Å². The molecule has 0 N–H and O–H groups in total. The van der Waals surface area contributed by atoms with Crippen LogP contribution in [0.15, 0.2) is 12.5 Å². The molecule has 4 fully saturated rings. The first kappa shape index (κ1) is 15.4. The fraction of sp³-hybridized carbons (Fsp3) is 0.737. The SMILES string of the molecule is Cn1cnc([C@H]2CN(C(=O)C3CC3)C[C@]23CCN(CC2CC2)C3=O)c1. The van der Waals surface area contributed by atoms with Crippen molar-refractivity contribution in [3.8, 4) is 0 Å². The van der Waals surface area contributed by atoms with Crippen LogP contribution < -0.4 is 0 Å². The molecular formula is C19H26N4O2. The Bertz CT molecular complexity index is 721. The predicted octanol–water partition coefficient (Wildman–Crippen LogP) is 1.38. The first-order chi connectivity index (χ1) is 12.1. The van der Waals surface area contributed by atoms with Gasteiger partial charge in [-0.15, -0.1) is 0 Å². The van der Waals surface area contributed by atoms with Gasteiger partial charge in [0, 0.05) is 51.3 Å². The number of hydrogen-bond acceptors (Lipinski definition) is 3. The van der Waals surface area contributed by atoms with Gasteiger partial charge in [0.1, 0.15) is 0 Å². The Labute approximate surface area is 148 Å². The summed E-state index contributed by atoms with van der Waals surface area (Å²) in [6.45, 7) is 2.98. The van der Waals surface area contributed by atoms with Gasteiger partial charge < -0.3 is 14.4 Å². The van der Waals surface area contributed by atoms with Crippen molar-refractivity contribution >= 4 is 11.8 Å².